The van der Waals surface area contributed by atoms with Crippen LogP contribution in [0.25, 0.3) is 10.9 Å². The molecule has 1 aromatic heterocycles. The van der Waals surface area contributed by atoms with Gasteiger partial charge in [0.25, 0.3) is 0 Å². The lowest BCUT2D eigenvalue weighted by atomic mass is 10.1. The number of fused-ring (bicyclic) bond motifs is 1. The molecule has 2 aromatic rings. The molecule has 0 bridgehead atoms. The highest BCUT2D eigenvalue weighted by molar-refractivity contribution is 7.57. The number of carbonyl (C=O) groups is 2. The Bertz CT molecular complexity index is 768. The van der Waals surface area contributed by atoms with Crippen molar-refractivity contribution in [3.8, 4) is 0 Å². The van der Waals surface area contributed by atoms with Crippen molar-refractivity contribution in [2.45, 2.75) is 19.0 Å². The molecule has 1 aromatic carbocycles. The molecule has 0 spiro atoms. The van der Waals surface area contributed by atoms with Crippen molar-refractivity contribution in [2.24, 2.45) is 5.92 Å². The van der Waals surface area contributed by atoms with Crippen molar-refractivity contribution < 1.29 is 29.3 Å². The second-order valence-electron chi connectivity index (χ2n) is 5.51. The van der Waals surface area contributed by atoms with Crippen LogP contribution in [0.2, 0.25) is 0 Å². The van der Waals surface area contributed by atoms with Gasteiger partial charge < -0.3 is 20.1 Å². The van der Waals surface area contributed by atoms with E-state index in [1.165, 1.54) is 0 Å². The predicted octanol–water partition coefficient (Wildman–Crippen LogP) is 2.50. The molecule has 4 N–H and O–H groups in total. The fourth-order valence-electron chi connectivity index (χ4n) is 2.53. The molecule has 7 nitrogen and oxygen atoms in total. The molecule has 2 atom stereocenters. The topological polar surface area (TPSA) is 128 Å². The van der Waals surface area contributed by atoms with E-state index in [4.69, 9.17) is 10.2 Å². The maximum atomic E-state index is 12.4. The number of rotatable bonds is 8. The average molecular weight is 339 g/mol. The van der Waals surface area contributed by atoms with Crippen molar-refractivity contribution in [3.05, 3.63) is 36.0 Å². The highest BCUT2D eigenvalue weighted by atomic mass is 31.2. The maximum Gasteiger partial charge on any atom is 0.307 e. The summed E-state index contributed by atoms with van der Waals surface area (Å²) in [5.41, 5.74) is 1.48. The van der Waals surface area contributed by atoms with Gasteiger partial charge in [-0.2, -0.15) is 0 Å². The third kappa shape index (κ3) is 4.68. The fourth-order valence-corrected chi connectivity index (χ4v) is 4.48. The van der Waals surface area contributed by atoms with Crippen LogP contribution in [0.3, 0.4) is 0 Å². The van der Waals surface area contributed by atoms with Crippen LogP contribution in [0.15, 0.2) is 30.5 Å². The molecule has 0 aliphatic rings. The standard InChI is InChI=1S/C15H18NO6P/c17-14(18)6-5-10(15(19)20)8-23(21,22)9-11-7-16-13-4-2-1-3-12(11)13/h1-4,7,10,16H,5-6,8-9H2,(H,17,18)(H,19,20)(H,21,22). The Hall–Kier alpha value is -2.11. The number of nitrogens with one attached hydrogen (secondary N) is 1. The first-order valence-electron chi connectivity index (χ1n) is 7.09. The molecule has 0 amide bonds. The lowest BCUT2D eigenvalue weighted by Crippen LogP contribution is -2.19. The molecule has 0 fully saturated rings. The van der Waals surface area contributed by atoms with Gasteiger partial charge in [0.2, 0.25) is 7.37 Å². The lowest BCUT2D eigenvalue weighted by molar-refractivity contribution is -0.142. The summed E-state index contributed by atoms with van der Waals surface area (Å²) in [7, 11) is -3.75. The first kappa shape index (κ1) is 17.2. The van der Waals surface area contributed by atoms with Gasteiger partial charge in [-0.3, -0.25) is 14.2 Å². The summed E-state index contributed by atoms with van der Waals surface area (Å²) in [6, 6.07) is 7.32. The van der Waals surface area contributed by atoms with E-state index in [1.807, 2.05) is 24.3 Å². The van der Waals surface area contributed by atoms with Crippen LogP contribution < -0.4 is 0 Å². The molecule has 0 saturated carbocycles. The minimum absolute atomic E-state index is 0.145. The number of benzene rings is 1. The van der Waals surface area contributed by atoms with Gasteiger partial charge in [-0.15, -0.1) is 0 Å². The summed E-state index contributed by atoms with van der Waals surface area (Å²) < 4.78 is 12.4. The van der Waals surface area contributed by atoms with Gasteiger partial charge in [0, 0.05) is 29.7 Å². The van der Waals surface area contributed by atoms with Gasteiger partial charge in [0.15, 0.2) is 0 Å². The zero-order valence-electron chi connectivity index (χ0n) is 12.3. The number of aliphatic carboxylic acids is 2. The summed E-state index contributed by atoms with van der Waals surface area (Å²) in [5.74, 6) is -3.52. The van der Waals surface area contributed by atoms with E-state index in [9.17, 15) is 19.0 Å². The predicted molar refractivity (Wildman–Crippen MR) is 84.7 cm³/mol. The van der Waals surface area contributed by atoms with Crippen LogP contribution in [0.4, 0.5) is 0 Å². The average Bonchev–Trinajstić information content (AvgIpc) is 2.86. The zero-order chi connectivity index (χ0) is 17.0. The third-order valence-electron chi connectivity index (χ3n) is 3.65. The van der Waals surface area contributed by atoms with Gasteiger partial charge in [-0.05, 0) is 18.1 Å². The number of carboxylic acids is 2. The van der Waals surface area contributed by atoms with Crippen LogP contribution in [0, 0.1) is 5.92 Å². The van der Waals surface area contributed by atoms with Crippen LogP contribution in [0.1, 0.15) is 18.4 Å². The third-order valence-corrected chi connectivity index (χ3v) is 5.50. The van der Waals surface area contributed by atoms with Crippen LogP contribution in [-0.4, -0.2) is 38.2 Å². The van der Waals surface area contributed by atoms with Crippen molar-refractivity contribution in [1.29, 1.82) is 0 Å². The number of carboxylic acid groups (broad SMARTS) is 2. The zero-order valence-corrected chi connectivity index (χ0v) is 13.2. The van der Waals surface area contributed by atoms with E-state index in [0.29, 0.717) is 5.56 Å². The first-order chi connectivity index (χ1) is 10.8. The Labute approximate surface area is 132 Å². The van der Waals surface area contributed by atoms with E-state index in [1.54, 1.807) is 6.20 Å². The van der Waals surface area contributed by atoms with Gasteiger partial charge in [0.1, 0.15) is 0 Å². The number of aromatic nitrogens is 1. The van der Waals surface area contributed by atoms with Crippen molar-refractivity contribution in [1.82, 2.24) is 4.98 Å². The normalized spacial score (nSPS) is 15.2. The second kappa shape index (κ2) is 6.98. The Morgan fingerprint density at radius 2 is 1.91 bits per heavy atom. The van der Waals surface area contributed by atoms with E-state index in [0.717, 1.165) is 10.9 Å². The minimum atomic E-state index is -3.75. The Kier molecular flexibility index (Phi) is 5.23. The number of hydrogen-bond acceptors (Lipinski definition) is 3. The Morgan fingerprint density at radius 3 is 2.57 bits per heavy atom. The molecule has 23 heavy (non-hydrogen) atoms. The second-order valence-corrected chi connectivity index (χ2v) is 7.89. The molecule has 0 saturated heterocycles. The maximum absolute atomic E-state index is 12.4. The highest BCUT2D eigenvalue weighted by Crippen LogP contribution is 2.47. The SMILES string of the molecule is O=C(O)CCC(CP(=O)(O)Cc1c[nH]c2ccccc12)C(=O)O. The van der Waals surface area contributed by atoms with Crippen LogP contribution in [-0.2, 0) is 20.3 Å². The van der Waals surface area contributed by atoms with E-state index < -0.39 is 31.4 Å². The molecular weight excluding hydrogens is 321 g/mol. The summed E-state index contributed by atoms with van der Waals surface area (Å²) >= 11 is 0. The van der Waals surface area contributed by atoms with Gasteiger partial charge in [-0.1, -0.05) is 18.2 Å². The van der Waals surface area contributed by atoms with Crippen LogP contribution >= 0.6 is 7.37 Å². The van der Waals surface area contributed by atoms with Crippen LogP contribution in [0.5, 0.6) is 0 Å². The van der Waals surface area contributed by atoms with Gasteiger partial charge >= 0.3 is 11.9 Å². The Balaban J connectivity index is 2.12. The van der Waals surface area contributed by atoms with Gasteiger partial charge in [-0.25, -0.2) is 0 Å². The number of H-pyrrole nitrogens is 1. The Morgan fingerprint density at radius 1 is 1.22 bits per heavy atom. The van der Waals surface area contributed by atoms with Gasteiger partial charge in [0.05, 0.1) is 12.1 Å². The molecule has 8 heteroatoms. The van der Waals surface area contributed by atoms with E-state index in [-0.39, 0.29) is 19.0 Å². The van der Waals surface area contributed by atoms with Crippen molar-refractivity contribution in [2.75, 3.05) is 6.16 Å². The highest BCUT2D eigenvalue weighted by Gasteiger charge is 2.30. The molecule has 2 unspecified atom stereocenters. The summed E-state index contributed by atoms with van der Waals surface area (Å²) in [5, 5.41) is 18.6. The van der Waals surface area contributed by atoms with E-state index in [2.05, 4.69) is 4.98 Å². The molecule has 0 aliphatic heterocycles. The largest absolute Gasteiger partial charge is 0.481 e. The van der Waals surface area contributed by atoms with E-state index >= 15 is 0 Å². The number of aromatic amines is 1. The smallest absolute Gasteiger partial charge is 0.307 e. The fraction of sp³-hybridized carbons (Fsp3) is 0.333. The molecule has 0 aliphatic carbocycles. The lowest BCUT2D eigenvalue weighted by Gasteiger charge is -2.16. The number of para-hydroxylation sites is 1. The van der Waals surface area contributed by atoms with Crippen molar-refractivity contribution in [3.63, 3.8) is 0 Å². The molecular formula is C15H18NO6P. The monoisotopic (exact) mass is 339 g/mol. The quantitative estimate of drug-likeness (QED) is 0.547. The number of hydrogen-bond donors (Lipinski definition) is 4. The molecule has 0 radical (unpaired) electrons. The summed E-state index contributed by atoms with van der Waals surface area (Å²) in [4.78, 5) is 34.9. The minimum Gasteiger partial charge on any atom is -0.481 e. The first-order valence-corrected chi connectivity index (χ1v) is 9.12. The summed E-state index contributed by atoms with van der Waals surface area (Å²) in [6.45, 7) is 0. The molecule has 124 valence electrons. The van der Waals surface area contributed by atoms with Crippen molar-refractivity contribution >= 4 is 30.2 Å². The molecule has 2 rings (SSSR count). The summed E-state index contributed by atoms with van der Waals surface area (Å²) in [6.07, 6.45) is 0.552. The molecule has 1 heterocycles.